The molecule has 2 aliphatic rings. The number of halogens is 2. The summed E-state index contributed by atoms with van der Waals surface area (Å²) < 4.78 is 31.3. The standard InChI is InChI=1S/C23H36F2N4O/c1-2-26-23(28-19-11-13-29(14-12-19)17-22(24)25)27-16-18-7-6-10-21(15-18)30-20-8-4-3-5-9-20/h6-7,10,15,19-20,22H,2-5,8-9,11-14,16-17H2,1H3,(H2,26,27,28). The van der Waals surface area contributed by atoms with Crippen LogP contribution in [-0.2, 0) is 6.54 Å². The zero-order valence-corrected chi connectivity index (χ0v) is 18.1. The first-order valence-electron chi connectivity index (χ1n) is 11.4. The van der Waals surface area contributed by atoms with Crippen molar-refractivity contribution in [2.45, 2.75) is 77.0 Å². The highest BCUT2D eigenvalue weighted by Gasteiger charge is 2.22. The zero-order chi connectivity index (χ0) is 21.2. The van der Waals surface area contributed by atoms with Crippen molar-refractivity contribution in [2.24, 2.45) is 4.99 Å². The Hall–Kier alpha value is -1.89. The van der Waals surface area contributed by atoms with E-state index in [1.165, 1.54) is 19.3 Å². The van der Waals surface area contributed by atoms with Gasteiger partial charge in [-0.15, -0.1) is 0 Å². The molecule has 0 spiro atoms. The minimum Gasteiger partial charge on any atom is -0.490 e. The molecule has 1 aromatic rings. The van der Waals surface area contributed by atoms with Crippen molar-refractivity contribution in [2.75, 3.05) is 26.2 Å². The van der Waals surface area contributed by atoms with Crippen LogP contribution in [0.15, 0.2) is 29.3 Å². The van der Waals surface area contributed by atoms with Crippen LogP contribution in [0.5, 0.6) is 5.75 Å². The zero-order valence-electron chi connectivity index (χ0n) is 18.1. The first kappa shape index (κ1) is 22.8. The Morgan fingerprint density at radius 3 is 2.63 bits per heavy atom. The first-order chi connectivity index (χ1) is 14.6. The average molecular weight is 423 g/mol. The number of hydrogen-bond acceptors (Lipinski definition) is 3. The highest BCUT2D eigenvalue weighted by Crippen LogP contribution is 2.24. The Morgan fingerprint density at radius 1 is 1.17 bits per heavy atom. The van der Waals surface area contributed by atoms with Crippen LogP contribution in [0.1, 0.15) is 57.4 Å². The van der Waals surface area contributed by atoms with Crippen molar-refractivity contribution < 1.29 is 13.5 Å². The molecule has 168 valence electrons. The lowest BCUT2D eigenvalue weighted by Gasteiger charge is -2.32. The van der Waals surface area contributed by atoms with Crippen LogP contribution in [0, 0.1) is 0 Å². The number of alkyl halides is 2. The average Bonchev–Trinajstić information content (AvgIpc) is 2.74. The maximum absolute atomic E-state index is 12.6. The lowest BCUT2D eigenvalue weighted by molar-refractivity contribution is 0.0744. The Morgan fingerprint density at radius 2 is 1.93 bits per heavy atom. The lowest BCUT2D eigenvalue weighted by Crippen LogP contribution is -2.49. The van der Waals surface area contributed by atoms with E-state index in [9.17, 15) is 8.78 Å². The van der Waals surface area contributed by atoms with Gasteiger partial charge >= 0.3 is 0 Å². The van der Waals surface area contributed by atoms with E-state index >= 15 is 0 Å². The molecule has 1 aromatic carbocycles. The third-order valence-corrected chi connectivity index (χ3v) is 5.84. The van der Waals surface area contributed by atoms with Crippen molar-refractivity contribution in [3.63, 3.8) is 0 Å². The summed E-state index contributed by atoms with van der Waals surface area (Å²) in [7, 11) is 0. The predicted octanol–water partition coefficient (Wildman–Crippen LogP) is 4.18. The van der Waals surface area contributed by atoms with Gasteiger partial charge in [0, 0.05) is 25.7 Å². The van der Waals surface area contributed by atoms with E-state index in [1.807, 2.05) is 24.0 Å². The molecule has 1 aliphatic heterocycles. The van der Waals surface area contributed by atoms with Gasteiger partial charge in [-0.25, -0.2) is 13.8 Å². The second-order valence-corrected chi connectivity index (χ2v) is 8.33. The molecule has 0 radical (unpaired) electrons. The SMILES string of the molecule is CCNC(=NCc1cccc(OC2CCCCC2)c1)NC1CCN(CC(F)F)CC1. The van der Waals surface area contributed by atoms with Crippen LogP contribution in [0.3, 0.4) is 0 Å². The van der Waals surface area contributed by atoms with Gasteiger partial charge in [0.2, 0.25) is 0 Å². The van der Waals surface area contributed by atoms with Crippen molar-refractivity contribution in [3.8, 4) is 5.75 Å². The normalized spacial score (nSPS) is 19.8. The van der Waals surface area contributed by atoms with Crippen LogP contribution in [-0.4, -0.2) is 55.6 Å². The first-order valence-corrected chi connectivity index (χ1v) is 11.4. The summed E-state index contributed by atoms with van der Waals surface area (Å²) in [5.41, 5.74) is 1.12. The number of nitrogens with one attached hydrogen (secondary N) is 2. The largest absolute Gasteiger partial charge is 0.490 e. The molecule has 2 N–H and O–H groups in total. The molecule has 0 bridgehead atoms. The van der Waals surface area contributed by atoms with E-state index in [0.717, 1.165) is 49.5 Å². The molecule has 2 fully saturated rings. The van der Waals surface area contributed by atoms with Crippen LogP contribution < -0.4 is 15.4 Å². The summed E-state index contributed by atoms with van der Waals surface area (Å²) in [5.74, 6) is 1.71. The second kappa shape index (κ2) is 12.1. The number of nitrogens with zero attached hydrogens (tertiary/aromatic N) is 2. The number of aliphatic imine (C=N–C) groups is 1. The van der Waals surface area contributed by atoms with Gasteiger partial charge in [0.15, 0.2) is 5.96 Å². The molecule has 0 aromatic heterocycles. The number of likely N-dealkylation sites (tertiary alicyclic amines) is 1. The van der Waals surface area contributed by atoms with Crippen LogP contribution >= 0.6 is 0 Å². The molecule has 0 amide bonds. The van der Waals surface area contributed by atoms with Crippen LogP contribution in [0.2, 0.25) is 0 Å². The molecular formula is C23H36F2N4O. The van der Waals surface area contributed by atoms with Crippen molar-refractivity contribution in [1.82, 2.24) is 15.5 Å². The number of benzene rings is 1. The van der Waals surface area contributed by atoms with E-state index in [-0.39, 0.29) is 12.6 Å². The lowest BCUT2D eigenvalue weighted by atomic mass is 9.98. The number of piperidine rings is 1. The highest BCUT2D eigenvalue weighted by molar-refractivity contribution is 5.80. The molecule has 1 saturated carbocycles. The molecule has 30 heavy (non-hydrogen) atoms. The molecule has 0 unspecified atom stereocenters. The fraction of sp³-hybridized carbons (Fsp3) is 0.696. The molecule has 0 atom stereocenters. The second-order valence-electron chi connectivity index (χ2n) is 8.33. The fourth-order valence-electron chi connectivity index (χ4n) is 4.23. The van der Waals surface area contributed by atoms with Crippen molar-refractivity contribution in [1.29, 1.82) is 0 Å². The van der Waals surface area contributed by atoms with Gasteiger partial charge in [0.1, 0.15) is 5.75 Å². The summed E-state index contributed by atoms with van der Waals surface area (Å²) >= 11 is 0. The fourth-order valence-corrected chi connectivity index (χ4v) is 4.23. The molecule has 1 heterocycles. The number of ether oxygens (including phenoxy) is 1. The van der Waals surface area contributed by atoms with Gasteiger partial charge in [0.05, 0.1) is 19.2 Å². The third-order valence-electron chi connectivity index (χ3n) is 5.84. The van der Waals surface area contributed by atoms with Gasteiger partial charge in [-0.05, 0) is 63.1 Å². The van der Waals surface area contributed by atoms with Crippen molar-refractivity contribution >= 4 is 5.96 Å². The maximum Gasteiger partial charge on any atom is 0.251 e. The summed E-state index contributed by atoms with van der Waals surface area (Å²) in [6, 6.07) is 8.48. The van der Waals surface area contributed by atoms with Gasteiger partial charge in [-0.3, -0.25) is 4.90 Å². The summed E-state index contributed by atoms with van der Waals surface area (Å²) in [6.45, 7) is 4.66. The molecule has 5 nitrogen and oxygen atoms in total. The van der Waals surface area contributed by atoms with Gasteiger partial charge in [-0.1, -0.05) is 18.6 Å². The molecule has 1 aliphatic carbocycles. The number of hydrogen-bond donors (Lipinski definition) is 2. The van der Waals surface area contributed by atoms with Gasteiger partial charge in [-0.2, -0.15) is 0 Å². The van der Waals surface area contributed by atoms with Crippen LogP contribution in [0.4, 0.5) is 8.78 Å². The molecule has 7 heteroatoms. The van der Waals surface area contributed by atoms with Crippen molar-refractivity contribution in [3.05, 3.63) is 29.8 Å². The molecule has 1 saturated heterocycles. The number of guanidine groups is 1. The van der Waals surface area contributed by atoms with Gasteiger partial charge in [0.25, 0.3) is 6.43 Å². The Bertz CT molecular complexity index is 656. The minimum absolute atomic E-state index is 0.125. The Labute approximate surface area is 179 Å². The quantitative estimate of drug-likeness (QED) is 0.487. The van der Waals surface area contributed by atoms with E-state index in [1.54, 1.807) is 0 Å². The number of rotatable bonds is 8. The monoisotopic (exact) mass is 422 g/mol. The van der Waals surface area contributed by atoms with Crippen LogP contribution in [0.25, 0.3) is 0 Å². The summed E-state index contributed by atoms with van der Waals surface area (Å²) in [4.78, 5) is 6.58. The Kier molecular flexibility index (Phi) is 9.18. The molecule has 3 rings (SSSR count). The summed E-state index contributed by atoms with van der Waals surface area (Å²) in [5, 5.41) is 6.77. The predicted molar refractivity (Wildman–Crippen MR) is 117 cm³/mol. The van der Waals surface area contributed by atoms with Gasteiger partial charge < -0.3 is 15.4 Å². The topological polar surface area (TPSA) is 48.9 Å². The minimum atomic E-state index is -2.26. The highest BCUT2D eigenvalue weighted by atomic mass is 19.3. The maximum atomic E-state index is 12.6. The van der Waals surface area contributed by atoms with E-state index in [2.05, 4.69) is 22.8 Å². The smallest absolute Gasteiger partial charge is 0.251 e. The Balaban J connectivity index is 1.51. The third kappa shape index (κ3) is 7.74. The molecular weight excluding hydrogens is 386 g/mol. The van der Waals surface area contributed by atoms with E-state index in [0.29, 0.717) is 25.7 Å². The summed E-state index contributed by atoms with van der Waals surface area (Å²) in [6.07, 6.45) is 5.91. The van der Waals surface area contributed by atoms with E-state index in [4.69, 9.17) is 9.73 Å². The van der Waals surface area contributed by atoms with E-state index < -0.39 is 6.43 Å².